The van der Waals surface area contributed by atoms with Crippen LogP contribution in [0.2, 0.25) is 0 Å². The van der Waals surface area contributed by atoms with Crippen molar-refractivity contribution in [3.63, 3.8) is 0 Å². The number of fused-ring (bicyclic) bond motifs is 8. The van der Waals surface area contributed by atoms with Gasteiger partial charge in [-0.25, -0.2) is 19.0 Å². The molecular weight excluding hydrogens is 802 g/mol. The summed E-state index contributed by atoms with van der Waals surface area (Å²) >= 11 is 0. The number of benzene rings is 3. The van der Waals surface area contributed by atoms with Gasteiger partial charge in [-0.15, -0.1) is 0 Å². The molecule has 3 amide bonds. The number of nitrogens with two attached hydrogens (primary N) is 1. The first-order valence-electron chi connectivity index (χ1n) is 20.5. The second kappa shape index (κ2) is 15.2. The van der Waals surface area contributed by atoms with Gasteiger partial charge in [-0.3, -0.25) is 19.2 Å². The Kier molecular flexibility index (Phi) is 9.92. The minimum atomic E-state index is -2.11. The largest absolute Gasteiger partial charge is 0.481 e. The lowest BCUT2D eigenvalue weighted by molar-refractivity contribution is -0.172. The number of aromatic nitrogens is 2. The highest BCUT2D eigenvalue weighted by atomic mass is 19.1. The number of aliphatic hydroxyl groups is 1. The van der Waals surface area contributed by atoms with Crippen molar-refractivity contribution in [2.75, 3.05) is 13.2 Å². The van der Waals surface area contributed by atoms with Gasteiger partial charge in [-0.1, -0.05) is 55.5 Å². The van der Waals surface area contributed by atoms with Gasteiger partial charge in [0.15, 0.2) is 5.60 Å². The second-order valence-corrected chi connectivity index (χ2v) is 16.2. The number of carboxylic acids is 1. The molecule has 2 aromatic heterocycles. The number of carboxylic acid groups (broad SMARTS) is 1. The number of nitrogens with one attached hydrogen (secondary N) is 1. The van der Waals surface area contributed by atoms with E-state index in [1.165, 1.54) is 21.6 Å². The number of carbonyl (C=O) groups excluding carboxylic acids is 4. The van der Waals surface area contributed by atoms with Crippen LogP contribution in [-0.2, 0) is 53.8 Å². The van der Waals surface area contributed by atoms with Crippen molar-refractivity contribution in [2.24, 2.45) is 5.73 Å². The van der Waals surface area contributed by atoms with Gasteiger partial charge in [0.05, 0.1) is 35.1 Å². The number of alkyl carbamates (subject to hydrolysis) is 1. The Balaban J connectivity index is 1.10. The number of halogens is 1. The Hall–Kier alpha value is -6.94. The Labute approximate surface area is 353 Å². The first kappa shape index (κ1) is 40.5. The smallest absolute Gasteiger partial charge is 0.407 e. The molecule has 0 radical (unpaired) electrons. The van der Waals surface area contributed by atoms with E-state index >= 15 is 4.39 Å². The van der Waals surface area contributed by atoms with Crippen LogP contribution < -0.4 is 16.6 Å². The predicted octanol–water partition coefficient (Wildman–Crippen LogP) is 4.60. The number of cyclic esters (lactones) is 1. The Bertz CT molecular complexity index is 2810. The molecule has 5 aromatic rings. The molecule has 3 aromatic carbocycles. The van der Waals surface area contributed by atoms with Crippen molar-refractivity contribution in [1.82, 2.24) is 19.8 Å². The van der Waals surface area contributed by atoms with Crippen LogP contribution in [0.3, 0.4) is 0 Å². The van der Waals surface area contributed by atoms with Gasteiger partial charge < -0.3 is 40.2 Å². The maximum atomic E-state index is 15.6. The van der Waals surface area contributed by atoms with Crippen LogP contribution in [0, 0.1) is 12.7 Å². The summed E-state index contributed by atoms with van der Waals surface area (Å²) in [6.45, 7) is 2.06. The number of aliphatic carboxylic acids is 1. The Morgan fingerprint density at radius 3 is 2.42 bits per heavy atom. The second-order valence-electron chi connectivity index (χ2n) is 16.2. The van der Waals surface area contributed by atoms with E-state index in [9.17, 15) is 39.0 Å². The number of carbonyl (C=O) groups is 5. The summed E-state index contributed by atoms with van der Waals surface area (Å²) in [6.07, 6.45) is -1.54. The van der Waals surface area contributed by atoms with Gasteiger partial charge in [-0.05, 0) is 77.6 Å². The maximum absolute atomic E-state index is 15.6. The van der Waals surface area contributed by atoms with E-state index in [1.54, 1.807) is 13.8 Å². The lowest BCUT2D eigenvalue weighted by Gasteiger charge is -2.40. The summed E-state index contributed by atoms with van der Waals surface area (Å²) in [5, 5.41) is 24.2. The summed E-state index contributed by atoms with van der Waals surface area (Å²) in [5.74, 6) is -4.69. The third-order valence-electron chi connectivity index (χ3n) is 13.0. The fourth-order valence-electron chi connectivity index (χ4n) is 9.94. The summed E-state index contributed by atoms with van der Waals surface area (Å²) in [4.78, 5) is 86.3. The number of pyridine rings is 2. The van der Waals surface area contributed by atoms with Crippen molar-refractivity contribution in [2.45, 2.75) is 82.7 Å². The van der Waals surface area contributed by atoms with Crippen molar-refractivity contribution in [1.29, 1.82) is 0 Å². The number of hydrogen-bond acceptors (Lipinski definition) is 10. The molecule has 2 aliphatic carbocycles. The molecule has 0 saturated heterocycles. The number of aryl methyl sites for hydroxylation is 1. The van der Waals surface area contributed by atoms with Crippen LogP contribution in [0.4, 0.5) is 9.18 Å². The summed E-state index contributed by atoms with van der Waals surface area (Å²) in [6, 6.07) is 15.9. The third kappa shape index (κ3) is 6.30. The number of amides is 3. The molecule has 2 aliphatic heterocycles. The molecular formula is C46H42FN5O10. The molecule has 0 unspecified atom stereocenters. The summed E-state index contributed by atoms with van der Waals surface area (Å²) < 4.78 is 28.0. The van der Waals surface area contributed by atoms with Crippen LogP contribution in [0.5, 0.6) is 0 Å². The molecule has 5 N–H and O–H groups in total. The van der Waals surface area contributed by atoms with Crippen molar-refractivity contribution in [3.8, 4) is 22.5 Å². The van der Waals surface area contributed by atoms with Gasteiger partial charge in [0, 0.05) is 34.9 Å². The Morgan fingerprint density at radius 1 is 1.06 bits per heavy atom. The highest BCUT2D eigenvalue weighted by Crippen LogP contribution is 2.49. The van der Waals surface area contributed by atoms with Crippen molar-refractivity contribution < 1.29 is 48.0 Å². The first-order valence-corrected chi connectivity index (χ1v) is 20.5. The van der Waals surface area contributed by atoms with Gasteiger partial charge in [0.25, 0.3) is 5.56 Å². The lowest BCUT2D eigenvalue weighted by atomic mass is 9.80. The van der Waals surface area contributed by atoms with E-state index in [-0.39, 0.29) is 79.4 Å². The average Bonchev–Trinajstić information content (AvgIpc) is 3.79. The number of hydrogen-bond donors (Lipinski definition) is 4. The fourth-order valence-corrected chi connectivity index (χ4v) is 9.94. The summed E-state index contributed by atoms with van der Waals surface area (Å²) in [5.41, 5.74) is 10.0. The van der Waals surface area contributed by atoms with Crippen LogP contribution in [0.15, 0.2) is 65.5 Å². The summed E-state index contributed by atoms with van der Waals surface area (Å²) in [7, 11) is 0. The number of primary amides is 1. The average molecular weight is 844 g/mol. The maximum Gasteiger partial charge on any atom is 0.407 e. The first-order chi connectivity index (χ1) is 29.7. The minimum Gasteiger partial charge on any atom is -0.481 e. The normalized spacial score (nSPS) is 18.5. The minimum absolute atomic E-state index is 0.0317. The molecule has 9 rings (SSSR count). The molecule has 4 aliphatic rings. The van der Waals surface area contributed by atoms with Gasteiger partial charge in [-0.2, -0.15) is 0 Å². The highest BCUT2D eigenvalue weighted by molar-refractivity contribution is 5.95. The zero-order chi connectivity index (χ0) is 43.8. The van der Waals surface area contributed by atoms with E-state index in [4.69, 9.17) is 20.2 Å². The van der Waals surface area contributed by atoms with E-state index in [1.807, 2.05) is 48.5 Å². The molecule has 318 valence electrons. The number of nitrogens with zero attached hydrogens (tertiary/aromatic N) is 3. The SMILES string of the molecule is CC[C@@]1(O)C(=O)OCc2c1cc1n(c2=O)Cc2c-1nc1cc(F)c(C)c3c1c2[C@@H](N(C(=O)CNC(=O)OCC1c2ccccc2-c2ccccc21)[C@@H](CCC(=O)O)C(N)=O)CC3. The van der Waals surface area contributed by atoms with Crippen LogP contribution in [0.25, 0.3) is 33.4 Å². The topological polar surface area (TPSA) is 220 Å². The molecule has 15 nitrogen and oxygen atoms in total. The van der Waals surface area contributed by atoms with E-state index in [2.05, 4.69) is 5.32 Å². The van der Waals surface area contributed by atoms with Crippen molar-refractivity contribution >= 4 is 40.7 Å². The third-order valence-corrected chi connectivity index (χ3v) is 13.0. The molecule has 0 spiro atoms. The molecule has 4 heterocycles. The zero-order valence-corrected chi connectivity index (χ0v) is 33.8. The highest BCUT2D eigenvalue weighted by Gasteiger charge is 2.47. The van der Waals surface area contributed by atoms with Gasteiger partial charge >= 0.3 is 18.0 Å². The van der Waals surface area contributed by atoms with E-state index in [0.717, 1.165) is 22.3 Å². The molecule has 0 bridgehead atoms. The number of esters is 1. The monoisotopic (exact) mass is 843 g/mol. The number of rotatable bonds is 11. The van der Waals surface area contributed by atoms with Gasteiger partial charge in [0.2, 0.25) is 11.8 Å². The molecule has 0 fully saturated rings. The van der Waals surface area contributed by atoms with Crippen molar-refractivity contribution in [3.05, 3.63) is 121 Å². The molecule has 0 saturated carbocycles. The van der Waals surface area contributed by atoms with E-state index < -0.39 is 71.9 Å². The zero-order valence-electron chi connectivity index (χ0n) is 33.8. The molecule has 16 heteroatoms. The molecule has 62 heavy (non-hydrogen) atoms. The van der Waals surface area contributed by atoms with Crippen LogP contribution >= 0.6 is 0 Å². The quantitative estimate of drug-likeness (QED) is 0.132. The van der Waals surface area contributed by atoms with Gasteiger partial charge in [0.1, 0.15) is 31.6 Å². The lowest BCUT2D eigenvalue weighted by Crippen LogP contribution is -2.53. The van der Waals surface area contributed by atoms with Crippen LogP contribution in [0.1, 0.15) is 89.1 Å². The Morgan fingerprint density at radius 2 is 1.76 bits per heavy atom. The number of ether oxygens (including phenoxy) is 2. The predicted molar refractivity (Wildman–Crippen MR) is 220 cm³/mol. The van der Waals surface area contributed by atoms with E-state index in [0.29, 0.717) is 27.6 Å². The fraction of sp³-hybridized carbons (Fsp3) is 0.326. The van der Waals surface area contributed by atoms with Crippen LogP contribution in [-0.4, -0.2) is 73.7 Å². The standard InChI is InChI=1S/C46H42FN5O10/c1-3-46(60)31-16-36-41-28(19-51(36)43(57)30(31)21-61-44(46)58)40-34(13-12-23-22(2)32(47)17-33(50-41)39(23)40)52(35(42(48)56)14-15-38(54)55)37(53)18-49-45(59)62-20-29-26-10-6-4-8-24(26)25-9-5-7-11-27(25)29/h4-11,16-17,29,34-35,60H,3,12-15,18-21H2,1-2H3,(H2,48,56)(H,49,59)(H,54,55)/t34-,35-,46-/m0/s1. The molecule has 3 atom stereocenters.